The van der Waals surface area contributed by atoms with Crippen LogP contribution in [0.4, 0.5) is 0 Å². The maximum absolute atomic E-state index is 11.8. The molecule has 86 valence electrons. The van der Waals surface area contributed by atoms with E-state index in [-0.39, 0.29) is 24.6 Å². The van der Waals surface area contributed by atoms with E-state index in [9.17, 15) is 9.59 Å². The van der Waals surface area contributed by atoms with Gasteiger partial charge in [-0.15, -0.1) is 6.58 Å². The Morgan fingerprint density at radius 1 is 1.56 bits per heavy atom. The number of hydrogen-bond donors (Lipinski definition) is 1. The maximum atomic E-state index is 11.8. The van der Waals surface area contributed by atoms with Gasteiger partial charge in [-0.05, 0) is 6.07 Å². The Balaban J connectivity index is 2.84. The Bertz CT molecular complexity index is 404. The predicted octanol–water partition coefficient (Wildman–Crippen LogP) is 0.260. The van der Waals surface area contributed by atoms with Gasteiger partial charge in [-0.3, -0.25) is 4.79 Å². The zero-order valence-electron chi connectivity index (χ0n) is 8.76. The predicted molar refractivity (Wildman–Crippen MR) is 58.2 cm³/mol. The molecule has 0 fully saturated rings. The standard InChI is InChI=1S/C11H13NO4/c1-2-5-12(6-7-13)11(15)9-3-4-10(14)16-8-9/h2-4,8,13H,1,5-7H2. The second-order valence-corrected chi connectivity index (χ2v) is 3.11. The fraction of sp³-hybridized carbons (Fsp3) is 0.273. The molecule has 1 N–H and O–H groups in total. The smallest absolute Gasteiger partial charge is 0.335 e. The zero-order chi connectivity index (χ0) is 12.0. The third-order valence-electron chi connectivity index (χ3n) is 1.95. The minimum Gasteiger partial charge on any atom is -0.430 e. The minimum absolute atomic E-state index is 0.129. The summed E-state index contributed by atoms with van der Waals surface area (Å²) in [5, 5.41) is 8.80. The van der Waals surface area contributed by atoms with Gasteiger partial charge in [0.2, 0.25) is 0 Å². The van der Waals surface area contributed by atoms with Crippen LogP contribution >= 0.6 is 0 Å². The maximum Gasteiger partial charge on any atom is 0.335 e. The molecule has 0 saturated carbocycles. The molecule has 0 unspecified atom stereocenters. The number of aliphatic hydroxyl groups is 1. The normalized spacial score (nSPS) is 9.81. The van der Waals surface area contributed by atoms with E-state index in [0.717, 1.165) is 6.26 Å². The van der Waals surface area contributed by atoms with Crippen LogP contribution in [0.3, 0.4) is 0 Å². The lowest BCUT2D eigenvalue weighted by atomic mass is 10.2. The SMILES string of the molecule is C=CCN(CCO)C(=O)c1ccc(=O)oc1. The molecule has 0 aliphatic rings. The highest BCUT2D eigenvalue weighted by atomic mass is 16.4. The number of aliphatic hydroxyl groups excluding tert-OH is 1. The molecule has 0 aromatic carbocycles. The van der Waals surface area contributed by atoms with Crippen molar-refractivity contribution in [2.45, 2.75) is 0 Å². The quantitative estimate of drug-likeness (QED) is 0.727. The van der Waals surface area contributed by atoms with Crippen molar-refractivity contribution in [2.24, 2.45) is 0 Å². The molecular formula is C11H13NO4. The Labute approximate surface area is 92.6 Å². The summed E-state index contributed by atoms with van der Waals surface area (Å²) in [6, 6.07) is 2.57. The second-order valence-electron chi connectivity index (χ2n) is 3.11. The molecule has 1 aromatic rings. The van der Waals surface area contributed by atoms with E-state index in [4.69, 9.17) is 5.11 Å². The topological polar surface area (TPSA) is 70.8 Å². The van der Waals surface area contributed by atoms with E-state index in [2.05, 4.69) is 11.0 Å². The first kappa shape index (κ1) is 12.2. The van der Waals surface area contributed by atoms with Crippen LogP contribution in [0.2, 0.25) is 0 Å². The van der Waals surface area contributed by atoms with Crippen LogP contribution in [0.25, 0.3) is 0 Å². The highest BCUT2D eigenvalue weighted by molar-refractivity contribution is 5.93. The number of carbonyl (C=O) groups is 1. The second kappa shape index (κ2) is 5.87. The van der Waals surface area contributed by atoms with Crippen LogP contribution in [-0.2, 0) is 0 Å². The van der Waals surface area contributed by atoms with E-state index >= 15 is 0 Å². The first-order valence-corrected chi connectivity index (χ1v) is 4.79. The summed E-state index contributed by atoms with van der Waals surface area (Å²) in [6.45, 7) is 3.94. The summed E-state index contributed by atoms with van der Waals surface area (Å²) in [5.41, 5.74) is -0.233. The lowest BCUT2D eigenvalue weighted by Gasteiger charge is -2.19. The third kappa shape index (κ3) is 3.06. The van der Waals surface area contributed by atoms with Crippen LogP contribution in [0.1, 0.15) is 10.4 Å². The van der Waals surface area contributed by atoms with Crippen molar-refractivity contribution in [1.29, 1.82) is 0 Å². The monoisotopic (exact) mass is 223 g/mol. The van der Waals surface area contributed by atoms with E-state index in [0.29, 0.717) is 6.54 Å². The van der Waals surface area contributed by atoms with Gasteiger partial charge in [-0.2, -0.15) is 0 Å². The van der Waals surface area contributed by atoms with Gasteiger partial charge in [0.25, 0.3) is 5.91 Å². The average molecular weight is 223 g/mol. The molecule has 0 atom stereocenters. The van der Waals surface area contributed by atoms with Crippen molar-refractivity contribution in [3.8, 4) is 0 Å². The lowest BCUT2D eigenvalue weighted by molar-refractivity contribution is 0.0740. The van der Waals surface area contributed by atoms with Crippen LogP contribution < -0.4 is 5.63 Å². The van der Waals surface area contributed by atoms with E-state index in [1.165, 1.54) is 17.0 Å². The molecule has 1 heterocycles. The molecule has 5 heteroatoms. The highest BCUT2D eigenvalue weighted by Gasteiger charge is 2.14. The summed E-state index contributed by atoms with van der Waals surface area (Å²) in [7, 11) is 0. The fourth-order valence-electron chi connectivity index (χ4n) is 1.21. The van der Waals surface area contributed by atoms with Crippen LogP contribution in [0.15, 0.2) is 40.3 Å². The van der Waals surface area contributed by atoms with Gasteiger partial charge in [-0.25, -0.2) is 4.79 Å². The molecule has 0 saturated heterocycles. The molecule has 0 bridgehead atoms. The molecule has 1 amide bonds. The molecule has 16 heavy (non-hydrogen) atoms. The summed E-state index contributed by atoms with van der Waals surface area (Å²) in [6.07, 6.45) is 2.67. The van der Waals surface area contributed by atoms with E-state index in [1.807, 2.05) is 0 Å². The van der Waals surface area contributed by atoms with E-state index in [1.54, 1.807) is 6.08 Å². The van der Waals surface area contributed by atoms with Gasteiger partial charge in [-0.1, -0.05) is 6.08 Å². The molecule has 0 radical (unpaired) electrons. The van der Waals surface area contributed by atoms with Gasteiger partial charge < -0.3 is 14.4 Å². The van der Waals surface area contributed by atoms with Crippen molar-refractivity contribution in [2.75, 3.05) is 19.7 Å². The fourth-order valence-corrected chi connectivity index (χ4v) is 1.21. The first-order valence-electron chi connectivity index (χ1n) is 4.79. The summed E-state index contributed by atoms with van der Waals surface area (Å²) < 4.78 is 4.59. The number of rotatable bonds is 5. The molecule has 1 aromatic heterocycles. The van der Waals surface area contributed by atoms with Gasteiger partial charge in [0.15, 0.2) is 0 Å². The largest absolute Gasteiger partial charge is 0.430 e. The van der Waals surface area contributed by atoms with E-state index < -0.39 is 5.63 Å². The molecule has 0 aliphatic carbocycles. The van der Waals surface area contributed by atoms with Gasteiger partial charge in [0.1, 0.15) is 6.26 Å². The lowest BCUT2D eigenvalue weighted by Crippen LogP contribution is -2.33. The Morgan fingerprint density at radius 2 is 2.31 bits per heavy atom. The van der Waals surface area contributed by atoms with Crippen molar-refractivity contribution in [3.05, 3.63) is 47.0 Å². The number of hydrogen-bond acceptors (Lipinski definition) is 4. The van der Waals surface area contributed by atoms with Crippen molar-refractivity contribution < 1.29 is 14.3 Å². The first-order chi connectivity index (χ1) is 7.69. The van der Waals surface area contributed by atoms with Crippen LogP contribution in [0.5, 0.6) is 0 Å². The van der Waals surface area contributed by atoms with Crippen molar-refractivity contribution in [3.63, 3.8) is 0 Å². The van der Waals surface area contributed by atoms with Crippen molar-refractivity contribution >= 4 is 5.91 Å². The molecule has 0 aliphatic heterocycles. The molecular weight excluding hydrogens is 210 g/mol. The Morgan fingerprint density at radius 3 is 2.81 bits per heavy atom. The Hall–Kier alpha value is -1.88. The minimum atomic E-state index is -0.506. The van der Waals surface area contributed by atoms with Gasteiger partial charge >= 0.3 is 5.63 Å². The summed E-state index contributed by atoms with van der Waals surface area (Å²) in [4.78, 5) is 24.0. The number of carbonyl (C=O) groups excluding carboxylic acids is 1. The molecule has 5 nitrogen and oxygen atoms in total. The van der Waals surface area contributed by atoms with Gasteiger partial charge in [0.05, 0.1) is 12.2 Å². The van der Waals surface area contributed by atoms with Crippen LogP contribution in [0, 0.1) is 0 Å². The average Bonchev–Trinajstić information content (AvgIpc) is 2.29. The number of nitrogens with zero attached hydrogens (tertiary/aromatic N) is 1. The summed E-state index contributed by atoms with van der Waals surface area (Å²) in [5.74, 6) is -0.308. The summed E-state index contributed by atoms with van der Waals surface area (Å²) >= 11 is 0. The third-order valence-corrected chi connectivity index (χ3v) is 1.95. The van der Waals surface area contributed by atoms with Crippen molar-refractivity contribution in [1.82, 2.24) is 4.90 Å². The highest BCUT2D eigenvalue weighted by Crippen LogP contribution is 2.02. The van der Waals surface area contributed by atoms with Crippen LogP contribution in [-0.4, -0.2) is 35.6 Å². The number of amides is 1. The molecule has 1 rings (SSSR count). The zero-order valence-corrected chi connectivity index (χ0v) is 8.76. The Kier molecular flexibility index (Phi) is 4.47. The van der Waals surface area contributed by atoms with Gasteiger partial charge in [0, 0.05) is 19.2 Å². The molecule has 0 spiro atoms.